The average Bonchev–Trinajstić information content (AvgIpc) is 2.70. The molecule has 3 saturated heterocycles. The van der Waals surface area contributed by atoms with E-state index in [-0.39, 0.29) is 12.4 Å². The smallest absolute Gasteiger partial charge is 0.223 e. The fourth-order valence-electron chi connectivity index (χ4n) is 3.45. The summed E-state index contributed by atoms with van der Waals surface area (Å²) in [6.07, 6.45) is 7.05. The largest absolute Gasteiger partial charge is 0.353 e. The van der Waals surface area contributed by atoms with Gasteiger partial charge in [-0.3, -0.25) is 4.79 Å². The lowest BCUT2D eigenvalue weighted by atomic mass is 9.97. The summed E-state index contributed by atoms with van der Waals surface area (Å²) in [7, 11) is 0. The number of piperidine rings is 1. The number of amides is 1. The van der Waals surface area contributed by atoms with E-state index in [0.717, 1.165) is 37.2 Å². The van der Waals surface area contributed by atoms with Crippen molar-refractivity contribution in [2.75, 3.05) is 11.5 Å². The Morgan fingerprint density at radius 2 is 1.67 bits per heavy atom. The molecule has 0 aliphatic carbocycles. The topological polar surface area (TPSA) is 41.1 Å². The molecule has 0 aromatic rings. The maximum Gasteiger partial charge on any atom is 0.223 e. The standard InChI is InChI=1S/C13H22N2OS.ClH/c16-13(9-3-5-17-6-4-9)15-12-7-10-1-2-11(8-12)14-10;/h9-12,14H,1-8H2,(H,15,16);1H. The number of fused-ring (bicyclic) bond motifs is 2. The van der Waals surface area contributed by atoms with E-state index in [1.54, 1.807) is 0 Å². The molecule has 3 aliphatic heterocycles. The van der Waals surface area contributed by atoms with Crippen molar-refractivity contribution in [2.24, 2.45) is 5.92 Å². The molecule has 3 heterocycles. The van der Waals surface area contributed by atoms with Crippen LogP contribution in [0.25, 0.3) is 0 Å². The minimum atomic E-state index is 0. The van der Waals surface area contributed by atoms with Gasteiger partial charge >= 0.3 is 0 Å². The highest BCUT2D eigenvalue weighted by Crippen LogP contribution is 2.28. The lowest BCUT2D eigenvalue weighted by molar-refractivity contribution is -0.126. The Balaban J connectivity index is 0.00000120. The number of rotatable bonds is 2. The van der Waals surface area contributed by atoms with E-state index in [0.29, 0.717) is 30.0 Å². The van der Waals surface area contributed by atoms with Crippen LogP contribution in [0.15, 0.2) is 0 Å². The van der Waals surface area contributed by atoms with Gasteiger partial charge < -0.3 is 10.6 Å². The normalized spacial score (nSPS) is 35.9. The van der Waals surface area contributed by atoms with E-state index in [4.69, 9.17) is 0 Å². The first-order chi connectivity index (χ1) is 8.31. The third kappa shape index (κ3) is 3.34. The number of hydrogen-bond donors (Lipinski definition) is 2. The Morgan fingerprint density at radius 3 is 2.28 bits per heavy atom. The minimum absolute atomic E-state index is 0. The molecule has 3 aliphatic rings. The Kier molecular flexibility index (Phi) is 5.22. The molecule has 2 N–H and O–H groups in total. The van der Waals surface area contributed by atoms with Crippen molar-refractivity contribution < 1.29 is 4.79 Å². The van der Waals surface area contributed by atoms with Crippen LogP contribution in [0.1, 0.15) is 38.5 Å². The lowest BCUT2D eigenvalue weighted by Crippen LogP contribution is -2.49. The average molecular weight is 291 g/mol. The van der Waals surface area contributed by atoms with Crippen LogP contribution in [0.2, 0.25) is 0 Å². The second kappa shape index (κ2) is 6.49. The van der Waals surface area contributed by atoms with Crippen molar-refractivity contribution in [3.63, 3.8) is 0 Å². The summed E-state index contributed by atoms with van der Waals surface area (Å²) >= 11 is 1.98. The molecule has 0 aromatic carbocycles. The number of hydrogen-bond acceptors (Lipinski definition) is 3. The van der Waals surface area contributed by atoms with Crippen molar-refractivity contribution in [1.29, 1.82) is 0 Å². The SMILES string of the molecule is Cl.O=C(NC1CC2CCC(C1)N2)C1CCSCC1. The second-order valence-electron chi connectivity index (χ2n) is 5.70. The van der Waals surface area contributed by atoms with Gasteiger partial charge in [-0.1, -0.05) is 0 Å². The minimum Gasteiger partial charge on any atom is -0.353 e. The van der Waals surface area contributed by atoms with E-state index in [2.05, 4.69) is 10.6 Å². The monoisotopic (exact) mass is 290 g/mol. The number of carbonyl (C=O) groups excluding carboxylic acids is 1. The molecule has 1 amide bonds. The molecular weight excluding hydrogens is 268 g/mol. The summed E-state index contributed by atoms with van der Waals surface area (Å²) in [5.41, 5.74) is 0. The van der Waals surface area contributed by atoms with Crippen LogP contribution in [0, 0.1) is 5.92 Å². The Hall–Kier alpha value is 0.0700. The zero-order valence-corrected chi connectivity index (χ0v) is 12.3. The van der Waals surface area contributed by atoms with Gasteiger partial charge in [-0.15, -0.1) is 12.4 Å². The highest BCUT2D eigenvalue weighted by molar-refractivity contribution is 7.99. The number of carbonyl (C=O) groups is 1. The third-order valence-corrected chi connectivity index (χ3v) is 5.46. The molecule has 0 spiro atoms. The van der Waals surface area contributed by atoms with Crippen LogP contribution in [-0.2, 0) is 4.79 Å². The fourth-order valence-corrected chi connectivity index (χ4v) is 4.56. The fraction of sp³-hybridized carbons (Fsp3) is 0.923. The molecule has 0 saturated carbocycles. The summed E-state index contributed by atoms with van der Waals surface area (Å²) in [4.78, 5) is 12.2. The van der Waals surface area contributed by atoms with Crippen molar-refractivity contribution >= 4 is 30.1 Å². The van der Waals surface area contributed by atoms with Crippen molar-refractivity contribution in [3.8, 4) is 0 Å². The van der Waals surface area contributed by atoms with Gasteiger partial charge in [-0.2, -0.15) is 11.8 Å². The Bertz CT molecular complexity index is 285. The predicted octanol–water partition coefficient (Wildman–Crippen LogP) is 1.95. The molecule has 2 atom stereocenters. The zero-order chi connectivity index (χ0) is 11.7. The lowest BCUT2D eigenvalue weighted by Gasteiger charge is -2.31. The molecular formula is C13H23ClN2OS. The van der Waals surface area contributed by atoms with E-state index < -0.39 is 0 Å². The van der Waals surface area contributed by atoms with Crippen LogP contribution in [0.3, 0.4) is 0 Å². The molecule has 0 aromatic heterocycles. The zero-order valence-electron chi connectivity index (χ0n) is 10.7. The highest BCUT2D eigenvalue weighted by Gasteiger charge is 2.34. The van der Waals surface area contributed by atoms with E-state index >= 15 is 0 Å². The number of thioether (sulfide) groups is 1. The van der Waals surface area contributed by atoms with Gasteiger partial charge in [-0.05, 0) is 50.0 Å². The Labute approximate surface area is 120 Å². The summed E-state index contributed by atoms with van der Waals surface area (Å²) in [6.45, 7) is 0. The summed E-state index contributed by atoms with van der Waals surface area (Å²) in [6, 6.07) is 1.78. The number of nitrogens with one attached hydrogen (secondary N) is 2. The molecule has 5 heteroatoms. The molecule has 0 radical (unpaired) electrons. The third-order valence-electron chi connectivity index (χ3n) is 4.41. The quantitative estimate of drug-likeness (QED) is 0.817. The van der Waals surface area contributed by atoms with Gasteiger partial charge in [-0.25, -0.2) is 0 Å². The predicted molar refractivity (Wildman–Crippen MR) is 78.4 cm³/mol. The Morgan fingerprint density at radius 1 is 1.06 bits per heavy atom. The second-order valence-corrected chi connectivity index (χ2v) is 6.93. The van der Waals surface area contributed by atoms with Crippen LogP contribution >= 0.6 is 24.2 Å². The van der Waals surface area contributed by atoms with E-state index in [1.807, 2.05) is 11.8 Å². The van der Waals surface area contributed by atoms with Crippen LogP contribution < -0.4 is 10.6 Å². The summed E-state index contributed by atoms with van der Waals surface area (Å²) < 4.78 is 0. The van der Waals surface area contributed by atoms with Gasteiger partial charge in [0.2, 0.25) is 5.91 Å². The maximum atomic E-state index is 12.2. The van der Waals surface area contributed by atoms with Crippen LogP contribution in [0.4, 0.5) is 0 Å². The molecule has 3 fully saturated rings. The molecule has 2 unspecified atom stereocenters. The van der Waals surface area contributed by atoms with E-state index in [1.165, 1.54) is 12.8 Å². The van der Waals surface area contributed by atoms with Gasteiger partial charge in [0.25, 0.3) is 0 Å². The first-order valence-corrected chi connectivity index (χ1v) is 8.11. The summed E-state index contributed by atoms with van der Waals surface area (Å²) in [5, 5.41) is 6.92. The van der Waals surface area contributed by atoms with Crippen molar-refractivity contribution in [2.45, 2.75) is 56.7 Å². The van der Waals surface area contributed by atoms with Crippen LogP contribution in [-0.4, -0.2) is 35.5 Å². The van der Waals surface area contributed by atoms with Crippen LogP contribution in [0.5, 0.6) is 0 Å². The highest BCUT2D eigenvalue weighted by atomic mass is 35.5. The molecule has 3 rings (SSSR count). The first-order valence-electron chi connectivity index (χ1n) is 6.95. The molecule has 104 valence electrons. The van der Waals surface area contributed by atoms with Gasteiger partial charge in [0.05, 0.1) is 0 Å². The molecule has 2 bridgehead atoms. The first kappa shape index (κ1) is 14.5. The van der Waals surface area contributed by atoms with Gasteiger partial charge in [0, 0.05) is 24.0 Å². The van der Waals surface area contributed by atoms with Crippen molar-refractivity contribution in [1.82, 2.24) is 10.6 Å². The van der Waals surface area contributed by atoms with Gasteiger partial charge in [0.1, 0.15) is 0 Å². The van der Waals surface area contributed by atoms with Crippen molar-refractivity contribution in [3.05, 3.63) is 0 Å². The molecule has 18 heavy (non-hydrogen) atoms. The van der Waals surface area contributed by atoms with Gasteiger partial charge in [0.15, 0.2) is 0 Å². The van der Waals surface area contributed by atoms with E-state index in [9.17, 15) is 4.79 Å². The number of halogens is 1. The molecule has 3 nitrogen and oxygen atoms in total. The maximum absolute atomic E-state index is 12.2. The summed E-state index contributed by atoms with van der Waals surface area (Å²) in [5.74, 6) is 2.95.